The van der Waals surface area contributed by atoms with E-state index in [0.717, 1.165) is 29.7 Å². The van der Waals surface area contributed by atoms with E-state index in [1.165, 1.54) is 16.7 Å². The molecule has 4 aliphatic rings. The maximum absolute atomic E-state index is 14.7. The standard InChI is InChI=1S/C37H36N2O4S/c1-42-28-14-12-27(13-15-28)36-19-17-31(29-8-4-5-9-30(29)36)37(35(41)38-21-25-18-20-44-23-25)24-39(22-33(36)37)34(40)16-11-26-7-3-6-10-32(26)43-2/h3-16,18,20,23,31,33H,17,19,21-22,24H2,1-2H3,(H,38,41)/b16-11+/t31-,33-,36-,37-/m0/s1. The van der Waals surface area contributed by atoms with Crippen molar-refractivity contribution in [3.8, 4) is 11.5 Å². The zero-order chi connectivity index (χ0) is 30.3. The lowest BCUT2D eigenvalue weighted by Gasteiger charge is -2.60. The van der Waals surface area contributed by atoms with Crippen LogP contribution in [0.25, 0.3) is 6.08 Å². The first-order valence-electron chi connectivity index (χ1n) is 15.1. The molecule has 1 aromatic heterocycles. The Morgan fingerprint density at radius 3 is 2.57 bits per heavy atom. The summed E-state index contributed by atoms with van der Waals surface area (Å²) in [6, 6.07) is 26.7. The Kier molecular flexibility index (Phi) is 7.29. The van der Waals surface area contributed by atoms with Crippen LogP contribution in [0.1, 0.15) is 46.6 Å². The number of nitrogens with one attached hydrogen (secondary N) is 1. The van der Waals surface area contributed by atoms with E-state index in [2.05, 4.69) is 47.1 Å². The van der Waals surface area contributed by atoms with Crippen LogP contribution in [0, 0.1) is 11.3 Å². The monoisotopic (exact) mass is 604 g/mol. The molecule has 1 saturated carbocycles. The Labute approximate surface area is 262 Å². The Morgan fingerprint density at radius 1 is 1.00 bits per heavy atom. The number of benzene rings is 3. The van der Waals surface area contributed by atoms with Crippen molar-refractivity contribution in [2.75, 3.05) is 27.3 Å². The van der Waals surface area contributed by atoms with Crippen molar-refractivity contribution in [1.82, 2.24) is 10.2 Å². The summed E-state index contributed by atoms with van der Waals surface area (Å²) in [5, 5.41) is 7.43. The van der Waals surface area contributed by atoms with E-state index in [1.54, 1.807) is 31.6 Å². The number of methoxy groups -OCH3 is 2. The van der Waals surface area contributed by atoms with E-state index in [0.29, 0.717) is 25.4 Å². The summed E-state index contributed by atoms with van der Waals surface area (Å²) in [6.07, 6.45) is 5.24. The van der Waals surface area contributed by atoms with Gasteiger partial charge in [-0.15, -0.1) is 0 Å². The summed E-state index contributed by atoms with van der Waals surface area (Å²) in [5.41, 5.74) is 4.43. The lowest BCUT2D eigenvalue weighted by atomic mass is 9.42. The number of rotatable bonds is 8. The molecule has 1 N–H and O–H groups in total. The van der Waals surface area contributed by atoms with Crippen molar-refractivity contribution >= 4 is 29.2 Å². The number of fused-ring (bicyclic) bond motifs is 1. The van der Waals surface area contributed by atoms with E-state index in [4.69, 9.17) is 9.47 Å². The number of carbonyl (C=O) groups is 2. The molecule has 8 rings (SSSR count). The molecule has 44 heavy (non-hydrogen) atoms. The highest BCUT2D eigenvalue weighted by Gasteiger charge is 2.70. The van der Waals surface area contributed by atoms with E-state index in [9.17, 15) is 9.59 Å². The predicted octanol–water partition coefficient (Wildman–Crippen LogP) is 6.42. The Hall–Kier alpha value is -4.36. The van der Waals surface area contributed by atoms with Crippen LogP contribution in [-0.4, -0.2) is 44.0 Å². The normalized spacial score (nSPS) is 25.0. The van der Waals surface area contributed by atoms with Crippen LogP contribution in [-0.2, 0) is 21.5 Å². The number of ether oxygens (including phenoxy) is 2. The lowest BCUT2D eigenvalue weighted by molar-refractivity contribution is -0.139. The fourth-order valence-electron chi connectivity index (χ4n) is 8.35. The maximum atomic E-state index is 14.7. The number of hydrogen-bond acceptors (Lipinski definition) is 5. The minimum absolute atomic E-state index is 0.0160. The number of para-hydroxylation sites is 1. The molecule has 0 spiro atoms. The number of likely N-dealkylation sites (tertiary alicyclic amines) is 1. The van der Waals surface area contributed by atoms with Gasteiger partial charge < -0.3 is 19.7 Å². The number of carbonyl (C=O) groups excluding carboxylic acids is 2. The van der Waals surface area contributed by atoms with Gasteiger partial charge >= 0.3 is 0 Å². The first-order chi connectivity index (χ1) is 21.5. The number of thiophene rings is 1. The third-order valence-electron chi connectivity index (χ3n) is 10.3. The molecule has 4 aromatic rings. The summed E-state index contributed by atoms with van der Waals surface area (Å²) >= 11 is 1.63. The van der Waals surface area contributed by atoms with Crippen molar-refractivity contribution < 1.29 is 19.1 Å². The predicted molar refractivity (Wildman–Crippen MR) is 173 cm³/mol. The van der Waals surface area contributed by atoms with E-state index in [-0.39, 0.29) is 23.7 Å². The van der Waals surface area contributed by atoms with Crippen LogP contribution in [0.5, 0.6) is 11.5 Å². The van der Waals surface area contributed by atoms with Gasteiger partial charge in [0.1, 0.15) is 11.5 Å². The summed E-state index contributed by atoms with van der Waals surface area (Å²) in [6.45, 7) is 1.35. The smallest absolute Gasteiger partial charge is 0.246 e. The van der Waals surface area contributed by atoms with Gasteiger partial charge in [-0.25, -0.2) is 0 Å². The van der Waals surface area contributed by atoms with Gasteiger partial charge in [0.25, 0.3) is 0 Å². The van der Waals surface area contributed by atoms with Crippen molar-refractivity contribution in [3.63, 3.8) is 0 Å². The average molecular weight is 605 g/mol. The Balaban J connectivity index is 1.33. The quantitative estimate of drug-likeness (QED) is 0.236. The van der Waals surface area contributed by atoms with Crippen LogP contribution in [0.15, 0.2) is 95.7 Å². The maximum Gasteiger partial charge on any atom is 0.246 e. The van der Waals surface area contributed by atoms with Gasteiger partial charge in [0, 0.05) is 48.5 Å². The average Bonchev–Trinajstić information content (AvgIpc) is 3.76. The minimum Gasteiger partial charge on any atom is -0.497 e. The summed E-state index contributed by atoms with van der Waals surface area (Å²) in [7, 11) is 3.31. The van der Waals surface area contributed by atoms with Crippen LogP contribution < -0.4 is 14.8 Å². The number of hydrogen-bond donors (Lipinski definition) is 1. The van der Waals surface area contributed by atoms with Crippen LogP contribution >= 0.6 is 11.3 Å². The lowest BCUT2D eigenvalue weighted by Crippen LogP contribution is -2.62. The zero-order valence-corrected chi connectivity index (χ0v) is 25.8. The van der Waals surface area contributed by atoms with Gasteiger partial charge in [0.2, 0.25) is 11.8 Å². The second-order valence-corrected chi connectivity index (χ2v) is 12.9. The van der Waals surface area contributed by atoms with Gasteiger partial charge in [-0.1, -0.05) is 54.6 Å². The first kappa shape index (κ1) is 28.4. The summed E-state index contributed by atoms with van der Waals surface area (Å²) in [4.78, 5) is 30.6. The molecule has 1 saturated heterocycles. The molecule has 2 heterocycles. The van der Waals surface area contributed by atoms with Gasteiger partial charge in [-0.3, -0.25) is 9.59 Å². The van der Waals surface area contributed by atoms with E-state index >= 15 is 0 Å². The molecule has 1 aliphatic heterocycles. The fraction of sp³-hybridized carbons (Fsp3) is 0.297. The third kappa shape index (κ3) is 4.36. The first-order valence-corrected chi connectivity index (χ1v) is 16.1. The SMILES string of the molecule is COc1ccc([C@@]23CC[C@@H](c4ccccc42)[C@@]2(C(=O)NCc4ccsc4)CN(C(=O)/C=C/c4ccccc4OC)C[C@@H]32)cc1. The second kappa shape index (κ2) is 11.3. The van der Waals surface area contributed by atoms with Crippen LogP contribution in [0.3, 0.4) is 0 Å². The fourth-order valence-corrected chi connectivity index (χ4v) is 9.01. The Bertz CT molecular complexity index is 1720. The minimum atomic E-state index is -0.767. The molecule has 4 atom stereocenters. The van der Waals surface area contributed by atoms with Gasteiger partial charge in [0.05, 0.1) is 19.6 Å². The summed E-state index contributed by atoms with van der Waals surface area (Å²) in [5.74, 6) is 1.37. The number of amides is 2. The van der Waals surface area contributed by atoms with Crippen molar-refractivity contribution in [3.05, 3.63) is 124 Å². The van der Waals surface area contributed by atoms with Crippen LogP contribution in [0.2, 0.25) is 0 Å². The molecular weight excluding hydrogens is 568 g/mol. The van der Waals surface area contributed by atoms with Crippen molar-refractivity contribution in [2.45, 2.75) is 30.7 Å². The molecule has 3 aromatic carbocycles. The Morgan fingerprint density at radius 2 is 1.80 bits per heavy atom. The molecule has 2 bridgehead atoms. The molecule has 2 fully saturated rings. The number of nitrogens with zero attached hydrogens (tertiary/aromatic N) is 1. The van der Waals surface area contributed by atoms with Crippen molar-refractivity contribution in [1.29, 1.82) is 0 Å². The highest BCUT2D eigenvalue weighted by molar-refractivity contribution is 7.07. The molecule has 3 aliphatic carbocycles. The molecule has 7 heteroatoms. The topological polar surface area (TPSA) is 67.9 Å². The van der Waals surface area contributed by atoms with Gasteiger partial charge in [0.15, 0.2) is 0 Å². The molecular formula is C37H36N2O4S. The van der Waals surface area contributed by atoms with Gasteiger partial charge in [-0.2, -0.15) is 11.3 Å². The van der Waals surface area contributed by atoms with E-state index in [1.807, 2.05) is 58.8 Å². The van der Waals surface area contributed by atoms with E-state index < -0.39 is 10.8 Å². The zero-order valence-electron chi connectivity index (χ0n) is 25.0. The molecule has 2 amide bonds. The van der Waals surface area contributed by atoms with Crippen molar-refractivity contribution in [2.24, 2.45) is 11.3 Å². The van der Waals surface area contributed by atoms with Gasteiger partial charge in [-0.05, 0) is 76.2 Å². The molecule has 224 valence electrons. The highest BCUT2D eigenvalue weighted by atomic mass is 32.1. The second-order valence-electron chi connectivity index (χ2n) is 12.1. The molecule has 0 unspecified atom stereocenters. The molecule has 6 nitrogen and oxygen atoms in total. The molecule has 0 radical (unpaired) electrons. The third-order valence-corrected chi connectivity index (χ3v) is 11.0. The summed E-state index contributed by atoms with van der Waals surface area (Å²) < 4.78 is 11.0. The highest BCUT2D eigenvalue weighted by Crippen LogP contribution is 2.69. The largest absolute Gasteiger partial charge is 0.497 e. The van der Waals surface area contributed by atoms with Crippen LogP contribution in [0.4, 0.5) is 0 Å².